The van der Waals surface area contributed by atoms with Crippen molar-refractivity contribution in [3.05, 3.63) is 34.8 Å². The predicted molar refractivity (Wildman–Crippen MR) is 90.1 cm³/mol. The minimum Gasteiger partial charge on any atom is -0.341 e. The Hall–Kier alpha value is -1.76. The number of hydrogen-bond donors (Lipinski definition) is 0. The van der Waals surface area contributed by atoms with Crippen LogP contribution in [0.15, 0.2) is 29.1 Å². The summed E-state index contributed by atoms with van der Waals surface area (Å²) < 4.78 is 0.899. The second-order valence-electron chi connectivity index (χ2n) is 5.53. The van der Waals surface area contributed by atoms with Gasteiger partial charge in [-0.05, 0) is 41.8 Å². The van der Waals surface area contributed by atoms with Gasteiger partial charge in [-0.25, -0.2) is 19.9 Å². The lowest BCUT2D eigenvalue weighted by Crippen LogP contribution is -2.44. The van der Waals surface area contributed by atoms with Gasteiger partial charge in [0.25, 0.3) is 0 Å². The van der Waals surface area contributed by atoms with E-state index in [-0.39, 0.29) is 0 Å². The molecule has 7 heteroatoms. The maximum Gasteiger partial charge on any atom is 0.225 e. The van der Waals surface area contributed by atoms with Crippen molar-refractivity contribution in [1.82, 2.24) is 19.9 Å². The van der Waals surface area contributed by atoms with Crippen LogP contribution in [0.1, 0.15) is 18.5 Å². The van der Waals surface area contributed by atoms with Gasteiger partial charge in [0.05, 0.1) is 4.47 Å². The van der Waals surface area contributed by atoms with E-state index in [0.29, 0.717) is 6.04 Å². The number of aryl methyl sites for hydroxylation is 1. The van der Waals surface area contributed by atoms with Crippen LogP contribution in [0.25, 0.3) is 0 Å². The molecule has 0 spiro atoms. The van der Waals surface area contributed by atoms with E-state index in [1.54, 1.807) is 12.4 Å². The number of aromatic nitrogens is 4. The number of anilines is 2. The zero-order chi connectivity index (χ0) is 15.5. The molecule has 0 aliphatic carbocycles. The number of piperidine rings is 1. The molecular formula is C15H19BrN6. The molecule has 1 aliphatic rings. The zero-order valence-corrected chi connectivity index (χ0v) is 14.4. The predicted octanol–water partition coefficient (Wildman–Crippen LogP) is 2.44. The summed E-state index contributed by atoms with van der Waals surface area (Å²) >= 11 is 3.37. The quantitative estimate of drug-likeness (QED) is 0.835. The molecule has 1 aliphatic heterocycles. The SMILES string of the molecule is Cc1ccnc(N2CCC(N(C)c3ncc(Br)cn3)CC2)n1. The molecule has 0 N–H and O–H groups in total. The molecule has 1 fully saturated rings. The van der Waals surface area contributed by atoms with Crippen molar-refractivity contribution in [3.8, 4) is 0 Å². The molecule has 3 rings (SSSR count). The van der Waals surface area contributed by atoms with Crippen LogP contribution in [-0.2, 0) is 0 Å². The first-order chi connectivity index (χ1) is 10.6. The lowest BCUT2D eigenvalue weighted by atomic mass is 10.0. The Morgan fingerprint density at radius 2 is 1.86 bits per heavy atom. The van der Waals surface area contributed by atoms with Gasteiger partial charge in [-0.1, -0.05) is 0 Å². The largest absolute Gasteiger partial charge is 0.341 e. The van der Waals surface area contributed by atoms with E-state index in [2.05, 4.69) is 52.7 Å². The van der Waals surface area contributed by atoms with Gasteiger partial charge in [-0.15, -0.1) is 0 Å². The molecule has 0 amide bonds. The highest BCUT2D eigenvalue weighted by Crippen LogP contribution is 2.22. The van der Waals surface area contributed by atoms with E-state index in [1.807, 2.05) is 19.2 Å². The Labute approximate surface area is 138 Å². The van der Waals surface area contributed by atoms with Crippen molar-refractivity contribution in [2.24, 2.45) is 0 Å². The second kappa shape index (κ2) is 6.56. The summed E-state index contributed by atoms with van der Waals surface area (Å²) in [6, 6.07) is 2.37. The van der Waals surface area contributed by atoms with Crippen LogP contribution in [0.2, 0.25) is 0 Å². The molecular weight excluding hydrogens is 344 g/mol. The fraction of sp³-hybridized carbons (Fsp3) is 0.467. The Morgan fingerprint density at radius 3 is 2.50 bits per heavy atom. The Kier molecular flexibility index (Phi) is 4.52. The maximum absolute atomic E-state index is 4.51. The molecule has 116 valence electrons. The third-order valence-electron chi connectivity index (χ3n) is 4.00. The van der Waals surface area contributed by atoms with E-state index in [0.717, 1.165) is 48.0 Å². The molecule has 0 bridgehead atoms. The van der Waals surface area contributed by atoms with Gasteiger partial charge in [0.1, 0.15) is 0 Å². The molecule has 3 heterocycles. The standard InChI is InChI=1S/C15H19BrN6/c1-11-3-6-17-15(20-11)22-7-4-13(5-8-22)21(2)14-18-9-12(16)10-19-14/h3,6,9-10,13H,4-5,7-8H2,1-2H3. The van der Waals surface area contributed by atoms with E-state index >= 15 is 0 Å². The summed E-state index contributed by atoms with van der Waals surface area (Å²) in [4.78, 5) is 22.0. The summed E-state index contributed by atoms with van der Waals surface area (Å²) in [7, 11) is 2.06. The van der Waals surface area contributed by atoms with Crippen LogP contribution < -0.4 is 9.80 Å². The first-order valence-electron chi connectivity index (χ1n) is 7.38. The normalized spacial score (nSPS) is 15.9. The summed E-state index contributed by atoms with van der Waals surface area (Å²) in [5.74, 6) is 1.61. The zero-order valence-electron chi connectivity index (χ0n) is 12.8. The van der Waals surface area contributed by atoms with Gasteiger partial charge in [-0.3, -0.25) is 0 Å². The number of hydrogen-bond acceptors (Lipinski definition) is 6. The molecule has 1 saturated heterocycles. The van der Waals surface area contributed by atoms with Gasteiger partial charge in [0, 0.05) is 50.5 Å². The number of nitrogens with zero attached hydrogens (tertiary/aromatic N) is 6. The van der Waals surface area contributed by atoms with E-state index in [9.17, 15) is 0 Å². The summed E-state index contributed by atoms with van der Waals surface area (Å²) in [5, 5.41) is 0. The van der Waals surface area contributed by atoms with E-state index in [1.165, 1.54) is 0 Å². The van der Waals surface area contributed by atoms with E-state index < -0.39 is 0 Å². The molecule has 22 heavy (non-hydrogen) atoms. The molecule has 0 unspecified atom stereocenters. The topological polar surface area (TPSA) is 58.0 Å². The first-order valence-corrected chi connectivity index (χ1v) is 8.18. The van der Waals surface area contributed by atoms with Crippen LogP contribution in [0.3, 0.4) is 0 Å². The molecule has 0 atom stereocenters. The van der Waals surface area contributed by atoms with Crippen molar-refractivity contribution in [3.63, 3.8) is 0 Å². The fourth-order valence-corrected chi connectivity index (χ4v) is 2.90. The van der Waals surface area contributed by atoms with Crippen molar-refractivity contribution < 1.29 is 0 Å². The lowest BCUT2D eigenvalue weighted by Gasteiger charge is -2.36. The van der Waals surface area contributed by atoms with Crippen LogP contribution in [0.4, 0.5) is 11.9 Å². The van der Waals surface area contributed by atoms with Crippen molar-refractivity contribution in [2.75, 3.05) is 29.9 Å². The lowest BCUT2D eigenvalue weighted by molar-refractivity contribution is 0.472. The fourth-order valence-electron chi connectivity index (χ4n) is 2.69. The van der Waals surface area contributed by atoms with Gasteiger partial charge >= 0.3 is 0 Å². The van der Waals surface area contributed by atoms with Crippen molar-refractivity contribution in [1.29, 1.82) is 0 Å². The number of rotatable bonds is 3. The maximum atomic E-state index is 4.51. The molecule has 0 saturated carbocycles. The number of halogens is 1. The van der Waals surface area contributed by atoms with Gasteiger partial charge in [0.2, 0.25) is 11.9 Å². The highest BCUT2D eigenvalue weighted by molar-refractivity contribution is 9.10. The summed E-state index contributed by atoms with van der Waals surface area (Å²) in [6.45, 7) is 3.90. The minimum atomic E-state index is 0.447. The molecule has 0 radical (unpaired) electrons. The van der Waals surface area contributed by atoms with Crippen LogP contribution >= 0.6 is 15.9 Å². The monoisotopic (exact) mass is 362 g/mol. The third kappa shape index (κ3) is 3.35. The smallest absolute Gasteiger partial charge is 0.225 e. The average molecular weight is 363 g/mol. The van der Waals surface area contributed by atoms with Crippen LogP contribution in [-0.4, -0.2) is 46.1 Å². The van der Waals surface area contributed by atoms with Crippen LogP contribution in [0, 0.1) is 6.92 Å². The molecule has 6 nitrogen and oxygen atoms in total. The molecule has 0 aromatic carbocycles. The molecule has 2 aromatic rings. The Balaban J connectivity index is 1.62. The highest BCUT2D eigenvalue weighted by atomic mass is 79.9. The van der Waals surface area contributed by atoms with Crippen molar-refractivity contribution >= 4 is 27.8 Å². The van der Waals surface area contributed by atoms with Gasteiger partial charge < -0.3 is 9.80 Å². The minimum absolute atomic E-state index is 0.447. The third-order valence-corrected chi connectivity index (χ3v) is 4.41. The van der Waals surface area contributed by atoms with Gasteiger partial charge in [0.15, 0.2) is 0 Å². The van der Waals surface area contributed by atoms with Crippen molar-refractivity contribution in [2.45, 2.75) is 25.8 Å². The summed E-state index contributed by atoms with van der Waals surface area (Å²) in [6.07, 6.45) is 7.50. The average Bonchev–Trinajstić information content (AvgIpc) is 2.55. The molecule has 2 aromatic heterocycles. The summed E-state index contributed by atoms with van der Waals surface area (Å²) in [5.41, 5.74) is 1.01. The Morgan fingerprint density at radius 1 is 1.18 bits per heavy atom. The van der Waals surface area contributed by atoms with Gasteiger partial charge in [-0.2, -0.15) is 0 Å². The van der Waals surface area contributed by atoms with E-state index in [4.69, 9.17) is 0 Å². The first kappa shape index (κ1) is 15.1. The van der Waals surface area contributed by atoms with Crippen LogP contribution in [0.5, 0.6) is 0 Å². The Bertz CT molecular complexity index is 624. The second-order valence-corrected chi connectivity index (χ2v) is 6.44. The highest BCUT2D eigenvalue weighted by Gasteiger charge is 2.25.